The van der Waals surface area contributed by atoms with Crippen LogP contribution in [0.25, 0.3) is 0 Å². The largest absolute Gasteiger partial charge is 0.350 e. The highest BCUT2D eigenvalue weighted by Gasteiger charge is 2.36. The minimum atomic E-state index is -3.14. The highest BCUT2D eigenvalue weighted by Crippen LogP contribution is 2.27. The maximum absolute atomic E-state index is 13.0. The van der Waals surface area contributed by atoms with Gasteiger partial charge in [-0.3, -0.25) is 9.59 Å². The Hall–Kier alpha value is -1.25. The van der Waals surface area contributed by atoms with Gasteiger partial charge in [-0.25, -0.2) is 8.78 Å². The van der Waals surface area contributed by atoms with Gasteiger partial charge in [0.15, 0.2) is 0 Å². The Balaban J connectivity index is 0.00000264. The fourth-order valence-electron chi connectivity index (χ4n) is 2.21. The molecule has 0 saturated carbocycles. The number of nitrogens with one attached hydrogen (secondary N) is 1. The maximum atomic E-state index is 13.0. The molecule has 1 atom stereocenters. The van der Waals surface area contributed by atoms with Crippen molar-refractivity contribution in [2.45, 2.75) is 12.3 Å². The summed E-state index contributed by atoms with van der Waals surface area (Å²) in [6.07, 6.45) is 0.00649. The van der Waals surface area contributed by atoms with Crippen molar-refractivity contribution in [3.63, 3.8) is 0 Å². The molecule has 1 fully saturated rings. The van der Waals surface area contributed by atoms with E-state index in [1.54, 1.807) is 18.2 Å². The molecular weight excluding hydrogens is 396 g/mol. The molecule has 128 valence electrons. The quantitative estimate of drug-likeness (QED) is 0.776. The lowest BCUT2D eigenvalue weighted by molar-refractivity contribution is -0.127. The predicted octanol–water partition coefficient (Wildman–Crippen LogP) is 1.93. The number of carbonyl (C=O) groups is 2. The van der Waals surface area contributed by atoms with Gasteiger partial charge in [-0.2, -0.15) is 0 Å². The molecule has 2 amide bonds. The monoisotopic (exact) mass is 411 g/mol. The number of alkyl halides is 2. The van der Waals surface area contributed by atoms with Crippen molar-refractivity contribution in [2.75, 3.05) is 24.5 Å². The zero-order chi connectivity index (χ0) is 16.3. The highest BCUT2D eigenvalue weighted by atomic mass is 79.9. The summed E-state index contributed by atoms with van der Waals surface area (Å²) in [7, 11) is 0. The average Bonchev–Trinajstić information content (AvgIpc) is 2.87. The lowest BCUT2D eigenvalue weighted by Crippen LogP contribution is -2.44. The van der Waals surface area contributed by atoms with Gasteiger partial charge >= 0.3 is 0 Å². The van der Waals surface area contributed by atoms with Crippen molar-refractivity contribution >= 4 is 45.8 Å². The summed E-state index contributed by atoms with van der Waals surface area (Å²) < 4.78 is 26.9. The minimum Gasteiger partial charge on any atom is -0.350 e. The van der Waals surface area contributed by atoms with Crippen LogP contribution in [0.3, 0.4) is 0 Å². The highest BCUT2D eigenvalue weighted by molar-refractivity contribution is 9.10. The third kappa shape index (κ3) is 5.12. The van der Waals surface area contributed by atoms with Crippen LogP contribution in [0, 0.1) is 5.92 Å². The lowest BCUT2D eigenvalue weighted by Gasteiger charge is -2.18. The first-order valence-corrected chi connectivity index (χ1v) is 7.53. The molecule has 0 radical (unpaired) electrons. The van der Waals surface area contributed by atoms with Crippen molar-refractivity contribution in [3.8, 4) is 0 Å². The molecular formula is C14H17BrClF2N3O2. The Bertz CT molecular complexity index is 589. The van der Waals surface area contributed by atoms with Crippen molar-refractivity contribution in [2.24, 2.45) is 11.7 Å². The average molecular weight is 413 g/mol. The van der Waals surface area contributed by atoms with Crippen LogP contribution in [-0.2, 0) is 9.59 Å². The number of amides is 2. The number of carbonyl (C=O) groups excluding carboxylic acids is 2. The molecule has 1 unspecified atom stereocenters. The van der Waals surface area contributed by atoms with Crippen LogP contribution < -0.4 is 16.0 Å². The summed E-state index contributed by atoms with van der Waals surface area (Å²) in [5.74, 6) is -4.54. The molecule has 0 aromatic heterocycles. The first-order chi connectivity index (χ1) is 10.3. The van der Waals surface area contributed by atoms with E-state index in [-0.39, 0.29) is 31.3 Å². The Morgan fingerprint density at radius 1 is 1.48 bits per heavy atom. The maximum Gasteiger partial charge on any atom is 0.277 e. The summed E-state index contributed by atoms with van der Waals surface area (Å²) >= 11 is 3.32. The Morgan fingerprint density at radius 2 is 2.17 bits per heavy atom. The van der Waals surface area contributed by atoms with E-state index in [2.05, 4.69) is 21.2 Å². The zero-order valence-electron chi connectivity index (χ0n) is 12.1. The standard InChI is InChI=1S/C14H16BrF2N3O2.ClH/c15-10-2-1-3-11(5-10)20-6-9(4-12(20)21)13(22)19-8-14(16,17)7-18;/h1-3,5,9H,4,6-8,18H2,(H,19,22);1H. The summed E-state index contributed by atoms with van der Waals surface area (Å²) in [5, 5.41) is 2.16. The van der Waals surface area contributed by atoms with Gasteiger partial charge in [0.2, 0.25) is 11.8 Å². The van der Waals surface area contributed by atoms with Gasteiger partial charge in [-0.05, 0) is 18.2 Å². The Labute approximate surface area is 147 Å². The predicted molar refractivity (Wildman–Crippen MR) is 88.9 cm³/mol. The third-order valence-electron chi connectivity index (χ3n) is 3.44. The summed E-state index contributed by atoms with van der Waals surface area (Å²) in [5.41, 5.74) is 5.58. The van der Waals surface area contributed by atoms with E-state index in [1.165, 1.54) is 4.90 Å². The van der Waals surface area contributed by atoms with Gasteiger partial charge in [0.05, 0.1) is 19.0 Å². The van der Waals surface area contributed by atoms with Crippen LogP contribution in [-0.4, -0.2) is 37.4 Å². The van der Waals surface area contributed by atoms with Crippen LogP contribution in [0.1, 0.15) is 6.42 Å². The molecule has 1 aromatic rings. The molecule has 1 heterocycles. The molecule has 0 bridgehead atoms. The minimum absolute atomic E-state index is 0. The first-order valence-electron chi connectivity index (χ1n) is 6.74. The number of benzene rings is 1. The van der Waals surface area contributed by atoms with Crippen LogP contribution in [0.4, 0.5) is 14.5 Å². The van der Waals surface area contributed by atoms with Gasteiger partial charge in [0.25, 0.3) is 5.92 Å². The van der Waals surface area contributed by atoms with Gasteiger partial charge in [0, 0.05) is 23.1 Å². The number of nitrogens with two attached hydrogens (primary N) is 1. The van der Waals surface area contributed by atoms with Crippen molar-refractivity contribution in [3.05, 3.63) is 28.7 Å². The fraction of sp³-hybridized carbons (Fsp3) is 0.429. The molecule has 2 rings (SSSR count). The number of nitrogens with zero attached hydrogens (tertiary/aromatic N) is 1. The first kappa shape index (κ1) is 19.8. The number of hydrogen-bond donors (Lipinski definition) is 2. The number of halogens is 4. The second-order valence-corrected chi connectivity index (χ2v) is 6.08. The molecule has 1 aromatic carbocycles. The molecule has 1 aliphatic rings. The van der Waals surface area contributed by atoms with E-state index < -0.39 is 30.8 Å². The second-order valence-electron chi connectivity index (χ2n) is 5.16. The second kappa shape index (κ2) is 8.03. The molecule has 3 N–H and O–H groups in total. The van der Waals surface area contributed by atoms with Crippen molar-refractivity contribution < 1.29 is 18.4 Å². The van der Waals surface area contributed by atoms with Crippen LogP contribution in [0.15, 0.2) is 28.7 Å². The van der Waals surface area contributed by atoms with Crippen molar-refractivity contribution in [1.29, 1.82) is 0 Å². The molecule has 0 spiro atoms. The van der Waals surface area contributed by atoms with E-state index in [4.69, 9.17) is 5.73 Å². The van der Waals surface area contributed by atoms with E-state index >= 15 is 0 Å². The molecule has 1 saturated heterocycles. The lowest BCUT2D eigenvalue weighted by atomic mass is 10.1. The van der Waals surface area contributed by atoms with Crippen LogP contribution in [0.2, 0.25) is 0 Å². The topological polar surface area (TPSA) is 75.4 Å². The number of anilines is 1. The van der Waals surface area contributed by atoms with Crippen molar-refractivity contribution in [1.82, 2.24) is 5.32 Å². The number of hydrogen-bond acceptors (Lipinski definition) is 3. The van der Waals surface area contributed by atoms with Gasteiger partial charge in [-0.1, -0.05) is 22.0 Å². The smallest absolute Gasteiger partial charge is 0.277 e. The molecule has 1 aliphatic heterocycles. The summed E-state index contributed by atoms with van der Waals surface area (Å²) in [6, 6.07) is 7.12. The van der Waals surface area contributed by atoms with Crippen LogP contribution in [0.5, 0.6) is 0 Å². The third-order valence-corrected chi connectivity index (χ3v) is 3.93. The Kier molecular flexibility index (Phi) is 6.91. The van der Waals surface area contributed by atoms with Gasteiger partial charge < -0.3 is 16.0 Å². The van der Waals surface area contributed by atoms with E-state index in [0.29, 0.717) is 5.69 Å². The molecule has 5 nitrogen and oxygen atoms in total. The van der Waals surface area contributed by atoms with E-state index in [9.17, 15) is 18.4 Å². The summed E-state index contributed by atoms with van der Waals surface area (Å²) in [6.45, 7) is -1.47. The molecule has 9 heteroatoms. The van der Waals surface area contributed by atoms with Gasteiger partial charge in [-0.15, -0.1) is 12.4 Å². The van der Waals surface area contributed by atoms with E-state index in [1.807, 2.05) is 6.07 Å². The Morgan fingerprint density at radius 3 is 2.78 bits per heavy atom. The SMILES string of the molecule is Cl.NCC(F)(F)CNC(=O)C1CC(=O)N(c2cccc(Br)c2)C1. The normalized spacial score (nSPS) is 17.8. The fourth-order valence-corrected chi connectivity index (χ4v) is 2.60. The summed E-state index contributed by atoms with van der Waals surface area (Å²) in [4.78, 5) is 25.4. The zero-order valence-corrected chi connectivity index (χ0v) is 14.5. The van der Waals surface area contributed by atoms with E-state index in [0.717, 1.165) is 4.47 Å². The number of rotatable bonds is 5. The van der Waals surface area contributed by atoms with Gasteiger partial charge in [0.1, 0.15) is 0 Å². The molecule has 23 heavy (non-hydrogen) atoms. The van der Waals surface area contributed by atoms with Crippen LogP contribution >= 0.6 is 28.3 Å². The molecule has 0 aliphatic carbocycles.